The molecule has 0 aromatic heterocycles. The van der Waals surface area contributed by atoms with Crippen molar-refractivity contribution in [2.75, 3.05) is 33.4 Å². The van der Waals surface area contributed by atoms with Crippen molar-refractivity contribution in [2.24, 2.45) is 10.4 Å². The normalized spacial score (nSPS) is 16.3. The summed E-state index contributed by atoms with van der Waals surface area (Å²) in [4.78, 5) is 4.76. The van der Waals surface area contributed by atoms with E-state index in [1.807, 2.05) is 18.2 Å². The zero-order chi connectivity index (χ0) is 21.0. The standard InChI is InChI=1S/C23H39N3O3/c1-4-15-29-20-10-9-19(16-21(20)28-3)17-25-22(24-5-2)26-18-23(13-14-27)11-7-6-8-12-23/h9-10,16,27H,4-8,11-15,17-18H2,1-3H3,(H2,24,25,26). The largest absolute Gasteiger partial charge is 0.493 e. The van der Waals surface area contributed by atoms with Crippen molar-refractivity contribution in [2.45, 2.75) is 65.3 Å². The quantitative estimate of drug-likeness (QED) is 0.385. The predicted octanol–water partition coefficient (Wildman–Crippen LogP) is 3.87. The Morgan fingerprint density at radius 1 is 1.14 bits per heavy atom. The van der Waals surface area contributed by atoms with E-state index in [0.29, 0.717) is 13.2 Å². The first-order chi connectivity index (χ1) is 14.2. The lowest BCUT2D eigenvalue weighted by atomic mass is 9.72. The molecule has 6 nitrogen and oxygen atoms in total. The Labute approximate surface area is 176 Å². The monoisotopic (exact) mass is 405 g/mol. The van der Waals surface area contributed by atoms with E-state index in [0.717, 1.165) is 49.0 Å². The van der Waals surface area contributed by atoms with Gasteiger partial charge in [0, 0.05) is 19.7 Å². The molecule has 1 fully saturated rings. The Morgan fingerprint density at radius 3 is 2.59 bits per heavy atom. The van der Waals surface area contributed by atoms with Crippen molar-refractivity contribution < 1.29 is 14.6 Å². The van der Waals surface area contributed by atoms with Crippen LogP contribution in [0.3, 0.4) is 0 Å². The van der Waals surface area contributed by atoms with E-state index in [2.05, 4.69) is 24.5 Å². The summed E-state index contributed by atoms with van der Waals surface area (Å²) in [6, 6.07) is 5.99. The molecule has 3 N–H and O–H groups in total. The number of aliphatic hydroxyl groups excluding tert-OH is 1. The Bertz CT molecular complexity index is 622. The van der Waals surface area contributed by atoms with Gasteiger partial charge in [-0.25, -0.2) is 4.99 Å². The van der Waals surface area contributed by atoms with Gasteiger partial charge in [-0.1, -0.05) is 32.3 Å². The molecule has 0 spiro atoms. The molecule has 0 saturated heterocycles. The fraction of sp³-hybridized carbons (Fsp3) is 0.696. The zero-order valence-electron chi connectivity index (χ0n) is 18.4. The van der Waals surface area contributed by atoms with Crippen LogP contribution in [0.2, 0.25) is 0 Å². The summed E-state index contributed by atoms with van der Waals surface area (Å²) in [5, 5.41) is 16.4. The molecule has 6 heteroatoms. The summed E-state index contributed by atoms with van der Waals surface area (Å²) in [6.45, 7) is 7.32. The molecule has 0 amide bonds. The molecule has 29 heavy (non-hydrogen) atoms. The van der Waals surface area contributed by atoms with Gasteiger partial charge in [-0.05, 0) is 55.7 Å². The van der Waals surface area contributed by atoms with Crippen LogP contribution in [0.5, 0.6) is 11.5 Å². The number of nitrogens with one attached hydrogen (secondary N) is 2. The van der Waals surface area contributed by atoms with Gasteiger partial charge in [0.1, 0.15) is 0 Å². The summed E-state index contributed by atoms with van der Waals surface area (Å²) in [6.07, 6.45) is 7.98. The van der Waals surface area contributed by atoms with Crippen LogP contribution < -0.4 is 20.1 Å². The zero-order valence-corrected chi connectivity index (χ0v) is 18.4. The molecule has 2 rings (SSSR count). The van der Waals surface area contributed by atoms with E-state index in [4.69, 9.17) is 14.5 Å². The second-order valence-corrected chi connectivity index (χ2v) is 7.92. The Hall–Kier alpha value is -1.95. The minimum atomic E-state index is 0.185. The van der Waals surface area contributed by atoms with E-state index in [-0.39, 0.29) is 12.0 Å². The predicted molar refractivity (Wildman–Crippen MR) is 119 cm³/mol. The molecular formula is C23H39N3O3. The molecule has 164 valence electrons. The summed E-state index contributed by atoms with van der Waals surface area (Å²) in [5.74, 6) is 2.34. The van der Waals surface area contributed by atoms with E-state index < -0.39 is 0 Å². The smallest absolute Gasteiger partial charge is 0.191 e. The minimum absolute atomic E-state index is 0.185. The van der Waals surface area contributed by atoms with Crippen LogP contribution in [-0.4, -0.2) is 44.5 Å². The van der Waals surface area contributed by atoms with E-state index in [1.54, 1.807) is 7.11 Å². The average Bonchev–Trinajstić information content (AvgIpc) is 2.75. The number of nitrogens with zero attached hydrogens (tertiary/aromatic N) is 1. The van der Waals surface area contributed by atoms with Crippen molar-refractivity contribution in [1.82, 2.24) is 10.6 Å². The fourth-order valence-electron chi connectivity index (χ4n) is 3.98. The summed E-state index contributed by atoms with van der Waals surface area (Å²) in [7, 11) is 1.66. The molecule has 0 bridgehead atoms. The maximum Gasteiger partial charge on any atom is 0.191 e. The third kappa shape index (κ3) is 7.42. The number of hydrogen-bond acceptors (Lipinski definition) is 4. The maximum absolute atomic E-state index is 9.53. The molecule has 1 aliphatic carbocycles. The van der Waals surface area contributed by atoms with Crippen molar-refractivity contribution in [3.63, 3.8) is 0 Å². The molecule has 1 aromatic rings. The van der Waals surface area contributed by atoms with Crippen molar-refractivity contribution in [3.8, 4) is 11.5 Å². The van der Waals surface area contributed by atoms with Gasteiger partial charge < -0.3 is 25.2 Å². The highest BCUT2D eigenvalue weighted by Gasteiger charge is 2.31. The highest BCUT2D eigenvalue weighted by Crippen LogP contribution is 2.38. The third-order valence-corrected chi connectivity index (χ3v) is 5.64. The fourth-order valence-corrected chi connectivity index (χ4v) is 3.98. The SMILES string of the molecule is CCCOc1ccc(CN=C(NCC)NCC2(CCO)CCCCC2)cc1OC. The first-order valence-corrected chi connectivity index (χ1v) is 11.1. The van der Waals surface area contributed by atoms with Gasteiger partial charge in [-0.2, -0.15) is 0 Å². The number of rotatable bonds is 11. The molecule has 1 aliphatic rings. The average molecular weight is 406 g/mol. The number of aliphatic imine (C=N–C) groups is 1. The van der Waals surface area contributed by atoms with Crippen LogP contribution in [0, 0.1) is 5.41 Å². The van der Waals surface area contributed by atoms with Gasteiger partial charge in [0.15, 0.2) is 17.5 Å². The van der Waals surface area contributed by atoms with Crippen LogP contribution >= 0.6 is 0 Å². The third-order valence-electron chi connectivity index (χ3n) is 5.64. The van der Waals surface area contributed by atoms with Gasteiger partial charge in [0.25, 0.3) is 0 Å². The summed E-state index contributed by atoms with van der Waals surface area (Å²) in [5.41, 5.74) is 1.26. The Kier molecular flexibility index (Phi) is 10.1. The highest BCUT2D eigenvalue weighted by molar-refractivity contribution is 5.79. The number of ether oxygens (including phenoxy) is 2. The van der Waals surface area contributed by atoms with Crippen LogP contribution in [0.4, 0.5) is 0 Å². The van der Waals surface area contributed by atoms with Gasteiger partial charge >= 0.3 is 0 Å². The van der Waals surface area contributed by atoms with Crippen molar-refractivity contribution >= 4 is 5.96 Å². The number of methoxy groups -OCH3 is 1. The lowest BCUT2D eigenvalue weighted by molar-refractivity contribution is 0.131. The summed E-state index contributed by atoms with van der Waals surface area (Å²) < 4.78 is 11.2. The molecule has 1 aromatic carbocycles. The number of guanidine groups is 1. The topological polar surface area (TPSA) is 75.1 Å². The summed E-state index contributed by atoms with van der Waals surface area (Å²) >= 11 is 0. The maximum atomic E-state index is 9.53. The van der Waals surface area contributed by atoms with E-state index >= 15 is 0 Å². The van der Waals surface area contributed by atoms with E-state index in [1.165, 1.54) is 32.1 Å². The van der Waals surface area contributed by atoms with Crippen molar-refractivity contribution in [3.05, 3.63) is 23.8 Å². The van der Waals surface area contributed by atoms with Crippen LogP contribution in [-0.2, 0) is 6.54 Å². The molecule has 0 aliphatic heterocycles. The molecule has 0 heterocycles. The first kappa shape index (κ1) is 23.3. The van der Waals surface area contributed by atoms with Gasteiger partial charge in [-0.3, -0.25) is 0 Å². The lowest BCUT2D eigenvalue weighted by Gasteiger charge is -2.37. The number of aliphatic hydroxyl groups is 1. The molecule has 0 unspecified atom stereocenters. The van der Waals surface area contributed by atoms with Gasteiger partial charge in [0.05, 0.1) is 20.3 Å². The number of hydrogen-bond donors (Lipinski definition) is 3. The van der Waals surface area contributed by atoms with Gasteiger partial charge in [0.2, 0.25) is 0 Å². The molecular weight excluding hydrogens is 366 g/mol. The minimum Gasteiger partial charge on any atom is -0.493 e. The highest BCUT2D eigenvalue weighted by atomic mass is 16.5. The Morgan fingerprint density at radius 2 is 1.93 bits per heavy atom. The second-order valence-electron chi connectivity index (χ2n) is 7.92. The van der Waals surface area contributed by atoms with Crippen LogP contribution in [0.1, 0.15) is 64.4 Å². The lowest BCUT2D eigenvalue weighted by Crippen LogP contribution is -2.44. The van der Waals surface area contributed by atoms with Crippen LogP contribution in [0.25, 0.3) is 0 Å². The van der Waals surface area contributed by atoms with Crippen LogP contribution in [0.15, 0.2) is 23.2 Å². The number of benzene rings is 1. The van der Waals surface area contributed by atoms with Gasteiger partial charge in [-0.15, -0.1) is 0 Å². The molecule has 0 atom stereocenters. The molecule has 1 saturated carbocycles. The van der Waals surface area contributed by atoms with Crippen molar-refractivity contribution in [1.29, 1.82) is 0 Å². The second kappa shape index (κ2) is 12.6. The Balaban J connectivity index is 2.02. The van der Waals surface area contributed by atoms with E-state index in [9.17, 15) is 5.11 Å². The molecule has 0 radical (unpaired) electrons. The first-order valence-electron chi connectivity index (χ1n) is 11.1.